The van der Waals surface area contributed by atoms with Gasteiger partial charge >= 0.3 is 0 Å². The number of nitrogens with zero attached hydrogens (tertiary/aromatic N) is 2. The molecule has 1 aromatic rings. The maximum absolute atomic E-state index is 5.82. The Morgan fingerprint density at radius 2 is 2.24 bits per heavy atom. The van der Waals surface area contributed by atoms with Crippen LogP contribution in [0.4, 0.5) is 0 Å². The Morgan fingerprint density at radius 1 is 1.53 bits per heavy atom. The zero-order valence-electron chi connectivity index (χ0n) is 10.8. The van der Waals surface area contributed by atoms with Crippen LogP contribution in [-0.4, -0.2) is 42.8 Å². The third-order valence-electron chi connectivity index (χ3n) is 3.62. The average Bonchev–Trinajstić information content (AvgIpc) is 2.78. The van der Waals surface area contributed by atoms with Crippen LogP contribution in [0.2, 0.25) is 0 Å². The van der Waals surface area contributed by atoms with Gasteiger partial charge in [0, 0.05) is 52.0 Å². The summed E-state index contributed by atoms with van der Waals surface area (Å²) in [5.74, 6) is 0. The molecule has 5 heteroatoms. The van der Waals surface area contributed by atoms with E-state index in [9.17, 15) is 0 Å². The number of methoxy groups -OCH3 is 1. The summed E-state index contributed by atoms with van der Waals surface area (Å²) in [7, 11) is 5.68. The molecule has 0 bridgehead atoms. The van der Waals surface area contributed by atoms with Crippen molar-refractivity contribution >= 4 is 0 Å². The summed E-state index contributed by atoms with van der Waals surface area (Å²) in [5.41, 5.74) is 0.981. The minimum absolute atomic E-state index is 0.157. The van der Waals surface area contributed by atoms with Crippen molar-refractivity contribution in [2.45, 2.75) is 24.5 Å². The molecule has 0 aromatic carbocycles. The zero-order valence-corrected chi connectivity index (χ0v) is 10.8. The second kappa shape index (κ2) is 5.16. The fraction of sp³-hybridized carbons (Fsp3) is 0.750. The molecule has 1 N–H and O–H groups in total. The van der Waals surface area contributed by atoms with Crippen molar-refractivity contribution in [1.82, 2.24) is 15.1 Å². The van der Waals surface area contributed by atoms with Gasteiger partial charge in [-0.05, 0) is 7.05 Å². The average molecular weight is 239 g/mol. The van der Waals surface area contributed by atoms with E-state index >= 15 is 0 Å². The zero-order chi connectivity index (χ0) is 12.3. The molecule has 2 heterocycles. The summed E-state index contributed by atoms with van der Waals surface area (Å²) in [6, 6.07) is 0.157. The Bertz CT molecular complexity index is 358. The maximum atomic E-state index is 5.82. The molecule has 0 amide bonds. The van der Waals surface area contributed by atoms with Gasteiger partial charge in [-0.25, -0.2) is 0 Å². The normalized spacial score (nSPS) is 21.4. The standard InChI is InChI=1S/C12H21N3O2/c1-13-11(10-8-14-15(2)9-10)12(16-3)4-6-17-7-5-12/h8-9,11,13H,4-7H2,1-3H3. The first-order valence-corrected chi connectivity index (χ1v) is 6.00. The van der Waals surface area contributed by atoms with Gasteiger partial charge in [-0.15, -0.1) is 0 Å². The number of nitrogens with one attached hydrogen (secondary N) is 1. The Kier molecular flexibility index (Phi) is 3.81. The first kappa shape index (κ1) is 12.5. The number of aromatic nitrogens is 2. The van der Waals surface area contributed by atoms with Crippen LogP contribution in [0.3, 0.4) is 0 Å². The SMILES string of the molecule is CNC(c1cnn(C)c1)C1(OC)CCOCC1. The van der Waals surface area contributed by atoms with E-state index in [-0.39, 0.29) is 11.6 Å². The molecule has 5 nitrogen and oxygen atoms in total. The highest BCUT2D eigenvalue weighted by Gasteiger charge is 2.41. The second-order valence-electron chi connectivity index (χ2n) is 4.55. The summed E-state index contributed by atoms with van der Waals surface area (Å²) >= 11 is 0. The smallest absolute Gasteiger partial charge is 0.0917 e. The molecular weight excluding hydrogens is 218 g/mol. The Morgan fingerprint density at radius 3 is 2.71 bits per heavy atom. The van der Waals surface area contributed by atoms with Crippen LogP contribution in [0.25, 0.3) is 0 Å². The fourth-order valence-electron chi connectivity index (χ4n) is 2.65. The molecule has 0 spiro atoms. The fourth-order valence-corrected chi connectivity index (χ4v) is 2.65. The molecule has 2 rings (SSSR count). The molecule has 1 atom stereocenters. The van der Waals surface area contributed by atoms with Crippen molar-refractivity contribution in [1.29, 1.82) is 0 Å². The van der Waals surface area contributed by atoms with Gasteiger partial charge < -0.3 is 14.8 Å². The largest absolute Gasteiger partial charge is 0.381 e. The molecule has 17 heavy (non-hydrogen) atoms. The molecule has 1 aliphatic heterocycles. The Balaban J connectivity index is 2.26. The summed E-state index contributed by atoms with van der Waals surface area (Å²) in [4.78, 5) is 0. The lowest BCUT2D eigenvalue weighted by Gasteiger charge is -2.41. The lowest BCUT2D eigenvalue weighted by molar-refractivity contribution is -0.110. The van der Waals surface area contributed by atoms with Crippen LogP contribution in [0.5, 0.6) is 0 Å². The minimum atomic E-state index is -0.184. The van der Waals surface area contributed by atoms with Gasteiger partial charge in [-0.2, -0.15) is 5.10 Å². The van der Waals surface area contributed by atoms with E-state index in [0.717, 1.165) is 26.1 Å². The predicted octanol–water partition coefficient (Wildman–Crippen LogP) is 0.876. The molecule has 1 aromatic heterocycles. The molecule has 1 saturated heterocycles. The van der Waals surface area contributed by atoms with E-state index in [1.165, 1.54) is 5.56 Å². The molecule has 96 valence electrons. The van der Waals surface area contributed by atoms with Crippen molar-refractivity contribution in [3.8, 4) is 0 Å². The molecule has 0 saturated carbocycles. The van der Waals surface area contributed by atoms with Crippen LogP contribution in [0.15, 0.2) is 12.4 Å². The van der Waals surface area contributed by atoms with Crippen LogP contribution < -0.4 is 5.32 Å². The third-order valence-corrected chi connectivity index (χ3v) is 3.62. The first-order valence-electron chi connectivity index (χ1n) is 6.00. The molecule has 0 radical (unpaired) electrons. The van der Waals surface area contributed by atoms with Gasteiger partial charge in [0.05, 0.1) is 17.8 Å². The van der Waals surface area contributed by atoms with E-state index in [4.69, 9.17) is 9.47 Å². The van der Waals surface area contributed by atoms with E-state index in [1.54, 1.807) is 7.11 Å². The highest BCUT2D eigenvalue weighted by Crippen LogP contribution is 2.36. The highest BCUT2D eigenvalue weighted by molar-refractivity contribution is 5.16. The van der Waals surface area contributed by atoms with Crippen molar-refractivity contribution in [3.05, 3.63) is 18.0 Å². The summed E-state index contributed by atoms with van der Waals surface area (Å²) in [6.45, 7) is 1.51. The molecular formula is C12H21N3O2. The van der Waals surface area contributed by atoms with Gasteiger partial charge in [0.25, 0.3) is 0 Å². The van der Waals surface area contributed by atoms with Gasteiger partial charge in [-0.3, -0.25) is 4.68 Å². The lowest BCUT2D eigenvalue weighted by atomic mass is 9.83. The van der Waals surface area contributed by atoms with Gasteiger partial charge in [0.2, 0.25) is 0 Å². The number of likely N-dealkylation sites (N-methyl/N-ethyl adjacent to an activating group) is 1. The van der Waals surface area contributed by atoms with Gasteiger partial charge in [0.15, 0.2) is 0 Å². The molecule has 1 fully saturated rings. The number of hydrogen-bond donors (Lipinski definition) is 1. The highest BCUT2D eigenvalue weighted by atomic mass is 16.5. The lowest BCUT2D eigenvalue weighted by Crippen LogP contribution is -2.48. The van der Waals surface area contributed by atoms with Gasteiger partial charge in [-0.1, -0.05) is 0 Å². The Labute approximate surface area is 102 Å². The van der Waals surface area contributed by atoms with E-state index in [1.807, 2.05) is 31.2 Å². The van der Waals surface area contributed by atoms with Crippen LogP contribution in [0, 0.1) is 0 Å². The number of rotatable bonds is 4. The van der Waals surface area contributed by atoms with Crippen molar-refractivity contribution in [2.24, 2.45) is 7.05 Å². The van der Waals surface area contributed by atoms with Crippen LogP contribution in [-0.2, 0) is 16.5 Å². The minimum Gasteiger partial charge on any atom is -0.381 e. The quantitative estimate of drug-likeness (QED) is 0.847. The van der Waals surface area contributed by atoms with E-state index < -0.39 is 0 Å². The third kappa shape index (κ3) is 2.36. The van der Waals surface area contributed by atoms with Crippen molar-refractivity contribution in [2.75, 3.05) is 27.4 Å². The van der Waals surface area contributed by atoms with Crippen molar-refractivity contribution in [3.63, 3.8) is 0 Å². The van der Waals surface area contributed by atoms with Crippen LogP contribution >= 0.6 is 0 Å². The van der Waals surface area contributed by atoms with E-state index in [2.05, 4.69) is 10.4 Å². The molecule has 0 aliphatic carbocycles. The Hall–Kier alpha value is -0.910. The van der Waals surface area contributed by atoms with Gasteiger partial charge in [0.1, 0.15) is 0 Å². The van der Waals surface area contributed by atoms with Crippen LogP contribution in [0.1, 0.15) is 24.4 Å². The monoisotopic (exact) mass is 239 g/mol. The molecule has 1 aliphatic rings. The van der Waals surface area contributed by atoms with Crippen molar-refractivity contribution < 1.29 is 9.47 Å². The summed E-state index contributed by atoms with van der Waals surface area (Å²) in [6.07, 6.45) is 5.75. The second-order valence-corrected chi connectivity index (χ2v) is 4.55. The first-order chi connectivity index (χ1) is 8.22. The summed E-state index contributed by atoms with van der Waals surface area (Å²) in [5, 5.41) is 7.59. The topological polar surface area (TPSA) is 48.3 Å². The van der Waals surface area contributed by atoms with E-state index in [0.29, 0.717) is 0 Å². The predicted molar refractivity (Wildman–Crippen MR) is 64.8 cm³/mol. The summed E-state index contributed by atoms with van der Waals surface area (Å²) < 4.78 is 13.1. The number of aryl methyl sites for hydroxylation is 1. The number of hydrogen-bond acceptors (Lipinski definition) is 4. The number of ether oxygens (including phenoxy) is 2. The molecule has 1 unspecified atom stereocenters. The maximum Gasteiger partial charge on any atom is 0.0917 e.